The summed E-state index contributed by atoms with van der Waals surface area (Å²) in [4.78, 5) is 12.7. The fourth-order valence-corrected chi connectivity index (χ4v) is 2.11. The number of likely N-dealkylation sites (tertiary alicyclic amines) is 1. The summed E-state index contributed by atoms with van der Waals surface area (Å²) in [6.07, 6.45) is 1.78. The third-order valence-corrected chi connectivity index (χ3v) is 3.17. The fraction of sp³-hybridized carbons (Fsp3) is 0.500. The molecule has 0 bridgehead atoms. The number of nitro groups is 1. The van der Waals surface area contributed by atoms with E-state index in [-0.39, 0.29) is 23.2 Å². The molecule has 0 radical (unpaired) electrons. The average Bonchev–Trinajstić information content (AvgIpc) is 2.32. The van der Waals surface area contributed by atoms with Crippen LogP contribution in [0, 0.1) is 10.1 Å². The number of piperidine rings is 1. The molecule has 0 unspecified atom stereocenters. The van der Waals surface area contributed by atoms with E-state index in [0.717, 1.165) is 25.9 Å². The van der Waals surface area contributed by atoms with Crippen molar-refractivity contribution in [2.45, 2.75) is 18.9 Å². The molecular weight excluding hydrogens is 234 g/mol. The first kappa shape index (κ1) is 12.6. The first-order valence-corrected chi connectivity index (χ1v) is 5.96. The molecule has 1 heterocycles. The van der Waals surface area contributed by atoms with Gasteiger partial charge >= 0.3 is 5.69 Å². The Morgan fingerprint density at radius 3 is 2.72 bits per heavy atom. The number of hydrogen-bond acceptors (Lipinski definition) is 5. The molecule has 1 saturated heterocycles. The van der Waals surface area contributed by atoms with E-state index in [1.165, 1.54) is 6.07 Å². The first-order valence-electron chi connectivity index (χ1n) is 5.96. The first-order chi connectivity index (χ1) is 8.58. The predicted molar refractivity (Wildman–Crippen MR) is 68.7 cm³/mol. The molecule has 0 aliphatic carbocycles. The third kappa shape index (κ3) is 2.70. The van der Waals surface area contributed by atoms with Gasteiger partial charge < -0.3 is 15.4 Å². The zero-order valence-electron chi connectivity index (χ0n) is 10.3. The molecule has 0 saturated carbocycles. The molecule has 0 atom stereocenters. The molecular formula is C12H17N3O3. The maximum Gasteiger partial charge on any atom is 0.333 e. The Bertz CT molecular complexity index is 442. The number of benzene rings is 1. The van der Waals surface area contributed by atoms with Gasteiger partial charge in [0.2, 0.25) is 0 Å². The standard InChI is InChI=1S/C12H17N3O3/c1-14-7-5-9(6-8-14)18-11-4-2-3-10(13)12(11)15(16)17/h2-4,9H,5-8,13H2,1H3. The molecule has 0 amide bonds. The summed E-state index contributed by atoms with van der Waals surface area (Å²) in [5.74, 6) is 0.273. The van der Waals surface area contributed by atoms with Crippen LogP contribution in [0.5, 0.6) is 5.75 Å². The molecule has 1 aliphatic rings. The fourth-order valence-electron chi connectivity index (χ4n) is 2.11. The highest BCUT2D eigenvalue weighted by Gasteiger charge is 2.24. The molecule has 0 aromatic heterocycles. The lowest BCUT2D eigenvalue weighted by molar-refractivity contribution is -0.385. The van der Waals surface area contributed by atoms with E-state index in [0.29, 0.717) is 0 Å². The molecule has 98 valence electrons. The Kier molecular flexibility index (Phi) is 3.66. The summed E-state index contributed by atoms with van der Waals surface area (Å²) in [5.41, 5.74) is 5.64. The number of nitrogen functional groups attached to an aromatic ring is 1. The lowest BCUT2D eigenvalue weighted by atomic mass is 10.1. The van der Waals surface area contributed by atoms with Crippen molar-refractivity contribution >= 4 is 11.4 Å². The van der Waals surface area contributed by atoms with E-state index in [1.807, 2.05) is 0 Å². The normalized spacial score (nSPS) is 17.6. The molecule has 6 heteroatoms. The minimum atomic E-state index is -0.486. The number of para-hydroxylation sites is 1. The molecule has 18 heavy (non-hydrogen) atoms. The number of nitrogens with two attached hydrogens (primary N) is 1. The van der Waals surface area contributed by atoms with Crippen molar-refractivity contribution in [3.63, 3.8) is 0 Å². The van der Waals surface area contributed by atoms with Crippen molar-refractivity contribution in [2.24, 2.45) is 0 Å². The van der Waals surface area contributed by atoms with Crippen LogP contribution in [0.25, 0.3) is 0 Å². The molecule has 2 rings (SSSR count). The van der Waals surface area contributed by atoms with E-state index >= 15 is 0 Å². The van der Waals surface area contributed by atoms with Crippen LogP contribution in [0.15, 0.2) is 18.2 Å². The Morgan fingerprint density at radius 1 is 1.44 bits per heavy atom. The van der Waals surface area contributed by atoms with Gasteiger partial charge in [0.1, 0.15) is 11.8 Å². The summed E-state index contributed by atoms with van der Waals surface area (Å²) in [5, 5.41) is 11.0. The maximum absolute atomic E-state index is 11.0. The quantitative estimate of drug-likeness (QED) is 0.502. The van der Waals surface area contributed by atoms with Gasteiger partial charge in [-0.1, -0.05) is 6.07 Å². The zero-order chi connectivity index (χ0) is 13.1. The SMILES string of the molecule is CN1CCC(Oc2cccc(N)c2[N+](=O)[O-])CC1. The highest BCUT2D eigenvalue weighted by atomic mass is 16.6. The zero-order valence-corrected chi connectivity index (χ0v) is 10.3. The number of rotatable bonds is 3. The van der Waals surface area contributed by atoms with Crippen LogP contribution in [0.4, 0.5) is 11.4 Å². The van der Waals surface area contributed by atoms with Crippen LogP contribution >= 0.6 is 0 Å². The van der Waals surface area contributed by atoms with Crippen molar-refractivity contribution in [3.8, 4) is 5.75 Å². The number of hydrogen-bond donors (Lipinski definition) is 1. The van der Waals surface area contributed by atoms with Gasteiger partial charge in [0.25, 0.3) is 0 Å². The minimum absolute atomic E-state index is 0.0294. The van der Waals surface area contributed by atoms with Crippen molar-refractivity contribution in [3.05, 3.63) is 28.3 Å². The van der Waals surface area contributed by atoms with Crippen LogP contribution in [0.2, 0.25) is 0 Å². The van der Waals surface area contributed by atoms with Gasteiger partial charge in [0, 0.05) is 13.1 Å². The van der Waals surface area contributed by atoms with Crippen LogP contribution in [-0.2, 0) is 0 Å². The molecule has 1 aromatic rings. The molecule has 1 aliphatic heterocycles. The van der Waals surface area contributed by atoms with E-state index in [4.69, 9.17) is 10.5 Å². The van der Waals surface area contributed by atoms with Crippen LogP contribution in [0.3, 0.4) is 0 Å². The van der Waals surface area contributed by atoms with Gasteiger partial charge in [0.05, 0.1) is 4.92 Å². The number of nitro benzene ring substituents is 1. The van der Waals surface area contributed by atoms with E-state index < -0.39 is 4.92 Å². The van der Waals surface area contributed by atoms with Crippen molar-refractivity contribution in [1.82, 2.24) is 4.90 Å². The lowest BCUT2D eigenvalue weighted by Gasteiger charge is -2.29. The molecule has 6 nitrogen and oxygen atoms in total. The van der Waals surface area contributed by atoms with E-state index in [9.17, 15) is 10.1 Å². The topological polar surface area (TPSA) is 81.6 Å². The Balaban J connectivity index is 2.14. The highest BCUT2D eigenvalue weighted by molar-refractivity contribution is 5.65. The second-order valence-corrected chi connectivity index (χ2v) is 4.57. The second-order valence-electron chi connectivity index (χ2n) is 4.57. The van der Waals surface area contributed by atoms with Crippen LogP contribution < -0.4 is 10.5 Å². The maximum atomic E-state index is 11.0. The van der Waals surface area contributed by atoms with Gasteiger partial charge in [-0.05, 0) is 32.0 Å². The summed E-state index contributed by atoms with van der Waals surface area (Å²) in [7, 11) is 2.05. The monoisotopic (exact) mass is 251 g/mol. The van der Waals surface area contributed by atoms with Gasteiger partial charge in [-0.15, -0.1) is 0 Å². The molecule has 2 N–H and O–H groups in total. The van der Waals surface area contributed by atoms with Crippen molar-refractivity contribution in [2.75, 3.05) is 25.9 Å². The smallest absolute Gasteiger partial charge is 0.333 e. The number of ether oxygens (including phenoxy) is 1. The Hall–Kier alpha value is -1.82. The van der Waals surface area contributed by atoms with E-state index in [2.05, 4.69) is 11.9 Å². The summed E-state index contributed by atoms with van der Waals surface area (Å²) < 4.78 is 5.73. The van der Waals surface area contributed by atoms with E-state index in [1.54, 1.807) is 12.1 Å². The lowest BCUT2D eigenvalue weighted by Crippen LogP contribution is -2.35. The van der Waals surface area contributed by atoms with Crippen molar-refractivity contribution < 1.29 is 9.66 Å². The molecule has 1 fully saturated rings. The minimum Gasteiger partial charge on any atom is -0.483 e. The van der Waals surface area contributed by atoms with Gasteiger partial charge in [0.15, 0.2) is 5.75 Å². The summed E-state index contributed by atoms with van der Waals surface area (Å²) >= 11 is 0. The largest absolute Gasteiger partial charge is 0.483 e. The third-order valence-electron chi connectivity index (χ3n) is 3.17. The number of anilines is 1. The van der Waals surface area contributed by atoms with Gasteiger partial charge in [-0.25, -0.2) is 0 Å². The van der Waals surface area contributed by atoms with Gasteiger partial charge in [-0.3, -0.25) is 10.1 Å². The Morgan fingerprint density at radius 2 is 2.11 bits per heavy atom. The summed E-state index contributed by atoms with van der Waals surface area (Å²) in [6, 6.07) is 4.79. The van der Waals surface area contributed by atoms with Crippen LogP contribution in [0.1, 0.15) is 12.8 Å². The predicted octanol–water partition coefficient (Wildman–Crippen LogP) is 1.65. The summed E-state index contributed by atoms with van der Waals surface area (Å²) in [6.45, 7) is 1.89. The second kappa shape index (κ2) is 5.22. The average molecular weight is 251 g/mol. The molecule has 0 spiro atoms. The van der Waals surface area contributed by atoms with Crippen molar-refractivity contribution in [1.29, 1.82) is 0 Å². The molecule has 1 aromatic carbocycles. The van der Waals surface area contributed by atoms with Gasteiger partial charge in [-0.2, -0.15) is 0 Å². The highest BCUT2D eigenvalue weighted by Crippen LogP contribution is 2.34. The van der Waals surface area contributed by atoms with Crippen LogP contribution in [-0.4, -0.2) is 36.1 Å². The number of nitrogens with zero attached hydrogens (tertiary/aromatic N) is 2. The Labute approximate surface area is 105 Å².